The molecule has 1 aliphatic heterocycles. The zero-order chi connectivity index (χ0) is 15.2. The largest absolute Gasteiger partial charge is 0.479 e. The van der Waals surface area contributed by atoms with Gasteiger partial charge in [0.25, 0.3) is 0 Å². The van der Waals surface area contributed by atoms with Gasteiger partial charge in [0.05, 0.1) is 0 Å². The van der Waals surface area contributed by atoms with Gasteiger partial charge >= 0.3 is 12.0 Å². The van der Waals surface area contributed by atoms with Crippen molar-refractivity contribution >= 4 is 12.0 Å². The molecule has 20 heavy (non-hydrogen) atoms. The number of hydrogen-bond acceptors (Lipinski definition) is 3. The van der Waals surface area contributed by atoms with Crippen LogP contribution in [0.4, 0.5) is 4.79 Å². The maximum absolute atomic E-state index is 11.9. The lowest BCUT2D eigenvalue weighted by Gasteiger charge is -2.40. The fourth-order valence-corrected chi connectivity index (χ4v) is 2.69. The van der Waals surface area contributed by atoms with Gasteiger partial charge in [-0.3, -0.25) is 0 Å². The molecule has 0 bridgehead atoms. The van der Waals surface area contributed by atoms with Gasteiger partial charge in [-0.15, -0.1) is 0 Å². The average Bonchev–Trinajstić information content (AvgIpc) is 2.46. The Morgan fingerprint density at radius 1 is 1.25 bits per heavy atom. The molecule has 0 aliphatic carbocycles. The summed E-state index contributed by atoms with van der Waals surface area (Å²) in [5.74, 6) is -1.26. The second kappa shape index (κ2) is 7.47. The van der Waals surface area contributed by atoms with Gasteiger partial charge < -0.3 is 20.4 Å². The number of rotatable bonds is 6. The van der Waals surface area contributed by atoms with Crippen LogP contribution in [-0.2, 0) is 4.79 Å². The van der Waals surface area contributed by atoms with Crippen molar-refractivity contribution in [1.82, 2.24) is 10.2 Å². The molecular weight excluding hydrogens is 260 g/mol. The maximum Gasteiger partial charge on any atom is 0.332 e. The number of carbonyl (C=O) groups is 2. The van der Waals surface area contributed by atoms with E-state index in [-0.39, 0.29) is 19.0 Å². The quantitative estimate of drug-likeness (QED) is 0.689. The summed E-state index contributed by atoms with van der Waals surface area (Å²) in [6, 6.07) is -0.164. The normalized spacial score (nSPS) is 19.4. The lowest BCUT2D eigenvalue weighted by Crippen LogP contribution is -2.47. The molecule has 0 saturated carbocycles. The molecule has 1 atom stereocenters. The van der Waals surface area contributed by atoms with Crippen LogP contribution >= 0.6 is 0 Å². The van der Waals surface area contributed by atoms with Gasteiger partial charge in [-0.2, -0.15) is 0 Å². The minimum absolute atomic E-state index is 0.0305. The number of aliphatic hydroxyl groups is 1. The molecule has 1 fully saturated rings. The number of carboxylic acid groups (broad SMARTS) is 1. The Bertz CT molecular complexity index is 332. The summed E-state index contributed by atoms with van der Waals surface area (Å²) in [6.07, 6.45) is 2.94. The Labute approximate surface area is 120 Å². The summed E-state index contributed by atoms with van der Waals surface area (Å²) >= 11 is 0. The van der Waals surface area contributed by atoms with Crippen molar-refractivity contribution in [3.63, 3.8) is 0 Å². The summed E-state index contributed by atoms with van der Waals surface area (Å²) in [5, 5.41) is 20.3. The van der Waals surface area contributed by atoms with E-state index >= 15 is 0 Å². The predicted molar refractivity (Wildman–Crippen MR) is 75.5 cm³/mol. The van der Waals surface area contributed by atoms with E-state index < -0.39 is 12.1 Å². The number of urea groups is 1. The van der Waals surface area contributed by atoms with Crippen molar-refractivity contribution in [3.8, 4) is 0 Å². The van der Waals surface area contributed by atoms with Crippen LogP contribution in [0.2, 0.25) is 0 Å². The van der Waals surface area contributed by atoms with Crippen LogP contribution in [0, 0.1) is 5.41 Å². The SMILES string of the molecule is CCC1(CC)CCN(C(=O)NCCC(O)C(=O)O)CC1. The van der Waals surface area contributed by atoms with Crippen LogP contribution in [0.25, 0.3) is 0 Å². The average molecular weight is 286 g/mol. The molecule has 6 nitrogen and oxygen atoms in total. The lowest BCUT2D eigenvalue weighted by atomic mass is 9.74. The van der Waals surface area contributed by atoms with Crippen molar-refractivity contribution in [2.75, 3.05) is 19.6 Å². The minimum Gasteiger partial charge on any atom is -0.479 e. The Kier molecular flexibility index (Phi) is 6.26. The topological polar surface area (TPSA) is 89.9 Å². The lowest BCUT2D eigenvalue weighted by molar-refractivity contribution is -0.146. The molecule has 3 N–H and O–H groups in total. The van der Waals surface area contributed by atoms with E-state index in [0.717, 1.165) is 38.8 Å². The molecule has 0 aromatic carbocycles. The first-order valence-electron chi connectivity index (χ1n) is 7.38. The number of piperidine rings is 1. The maximum atomic E-state index is 11.9. The van der Waals surface area contributed by atoms with E-state index in [1.807, 2.05) is 0 Å². The molecule has 0 aromatic rings. The van der Waals surface area contributed by atoms with Crippen molar-refractivity contribution in [2.45, 2.75) is 52.1 Å². The molecule has 0 aromatic heterocycles. The van der Waals surface area contributed by atoms with Gasteiger partial charge in [-0.1, -0.05) is 26.7 Å². The van der Waals surface area contributed by atoms with E-state index in [4.69, 9.17) is 10.2 Å². The fraction of sp³-hybridized carbons (Fsp3) is 0.857. The first-order valence-corrected chi connectivity index (χ1v) is 7.38. The smallest absolute Gasteiger partial charge is 0.332 e. The Morgan fingerprint density at radius 2 is 1.80 bits per heavy atom. The van der Waals surface area contributed by atoms with Crippen LogP contribution in [0.15, 0.2) is 0 Å². The monoisotopic (exact) mass is 286 g/mol. The molecule has 0 spiro atoms. The highest BCUT2D eigenvalue weighted by atomic mass is 16.4. The number of carboxylic acids is 1. The summed E-state index contributed by atoms with van der Waals surface area (Å²) in [6.45, 7) is 6.07. The van der Waals surface area contributed by atoms with E-state index in [2.05, 4.69) is 19.2 Å². The third-order valence-electron chi connectivity index (χ3n) is 4.59. The second-order valence-corrected chi connectivity index (χ2v) is 5.57. The Morgan fingerprint density at radius 3 is 2.25 bits per heavy atom. The highest BCUT2D eigenvalue weighted by molar-refractivity contribution is 5.74. The molecular formula is C14H26N2O4. The van der Waals surface area contributed by atoms with Gasteiger partial charge in [0.1, 0.15) is 0 Å². The van der Waals surface area contributed by atoms with Crippen molar-refractivity contribution in [2.24, 2.45) is 5.41 Å². The molecule has 1 unspecified atom stereocenters. The van der Waals surface area contributed by atoms with E-state index in [9.17, 15) is 9.59 Å². The molecule has 1 rings (SSSR count). The molecule has 1 aliphatic rings. The molecule has 6 heteroatoms. The van der Waals surface area contributed by atoms with Crippen molar-refractivity contribution in [1.29, 1.82) is 0 Å². The van der Waals surface area contributed by atoms with Gasteiger partial charge in [0.15, 0.2) is 6.10 Å². The first-order chi connectivity index (χ1) is 9.44. The fourth-order valence-electron chi connectivity index (χ4n) is 2.69. The molecule has 2 amide bonds. The Hall–Kier alpha value is -1.30. The number of amides is 2. The predicted octanol–water partition coefficient (Wildman–Crippen LogP) is 1.43. The third-order valence-corrected chi connectivity index (χ3v) is 4.59. The van der Waals surface area contributed by atoms with Crippen LogP contribution in [0.5, 0.6) is 0 Å². The molecule has 1 heterocycles. The number of hydrogen-bond donors (Lipinski definition) is 3. The highest BCUT2D eigenvalue weighted by Gasteiger charge is 2.32. The zero-order valence-electron chi connectivity index (χ0n) is 12.4. The van der Waals surface area contributed by atoms with Crippen LogP contribution in [0.3, 0.4) is 0 Å². The second-order valence-electron chi connectivity index (χ2n) is 5.57. The van der Waals surface area contributed by atoms with Crippen LogP contribution in [-0.4, -0.2) is 52.9 Å². The number of carbonyl (C=O) groups excluding carboxylic acids is 1. The standard InChI is InChI=1S/C14H26N2O4/c1-3-14(4-2)6-9-16(10-7-14)13(20)15-8-5-11(17)12(18)19/h11,17H,3-10H2,1-2H3,(H,15,20)(H,18,19). The first kappa shape index (κ1) is 16.8. The minimum atomic E-state index is -1.41. The zero-order valence-corrected chi connectivity index (χ0v) is 12.4. The summed E-state index contributed by atoms with van der Waals surface area (Å²) in [7, 11) is 0. The number of aliphatic hydroxyl groups excluding tert-OH is 1. The number of likely N-dealkylation sites (tertiary alicyclic amines) is 1. The summed E-state index contributed by atoms with van der Waals surface area (Å²) in [4.78, 5) is 24.1. The summed E-state index contributed by atoms with van der Waals surface area (Å²) in [5.41, 5.74) is 0.371. The Balaban J connectivity index is 2.31. The van der Waals surface area contributed by atoms with Gasteiger partial charge in [0.2, 0.25) is 0 Å². The van der Waals surface area contributed by atoms with E-state index in [0.29, 0.717) is 5.41 Å². The van der Waals surface area contributed by atoms with Crippen LogP contribution < -0.4 is 5.32 Å². The van der Waals surface area contributed by atoms with Gasteiger partial charge in [-0.05, 0) is 18.3 Å². The molecule has 0 radical (unpaired) electrons. The number of aliphatic carboxylic acids is 1. The van der Waals surface area contributed by atoms with Crippen molar-refractivity contribution in [3.05, 3.63) is 0 Å². The van der Waals surface area contributed by atoms with Crippen LogP contribution in [0.1, 0.15) is 46.0 Å². The molecule has 116 valence electrons. The van der Waals surface area contributed by atoms with Gasteiger partial charge in [0, 0.05) is 26.1 Å². The summed E-state index contributed by atoms with van der Waals surface area (Å²) < 4.78 is 0. The molecule has 1 saturated heterocycles. The highest BCUT2D eigenvalue weighted by Crippen LogP contribution is 2.37. The number of nitrogens with one attached hydrogen (secondary N) is 1. The number of nitrogens with zero attached hydrogens (tertiary/aromatic N) is 1. The van der Waals surface area contributed by atoms with Crippen molar-refractivity contribution < 1.29 is 19.8 Å². The van der Waals surface area contributed by atoms with E-state index in [1.165, 1.54) is 0 Å². The van der Waals surface area contributed by atoms with Gasteiger partial charge in [-0.25, -0.2) is 9.59 Å². The van der Waals surface area contributed by atoms with E-state index in [1.54, 1.807) is 4.90 Å². The third kappa shape index (κ3) is 4.37.